The molecule has 1 aliphatic carbocycles. The smallest absolute Gasteiger partial charge is 0.272 e. The molecular weight excluding hydrogens is 292 g/mol. The summed E-state index contributed by atoms with van der Waals surface area (Å²) in [6, 6.07) is 10.4. The quantitative estimate of drug-likeness (QED) is 0.687. The number of carbonyl (C=O) groups excluding carboxylic acids is 1. The van der Waals surface area contributed by atoms with Gasteiger partial charge in [0.1, 0.15) is 0 Å². The van der Waals surface area contributed by atoms with E-state index < -0.39 is 4.92 Å². The van der Waals surface area contributed by atoms with Crippen molar-refractivity contribution in [3.05, 3.63) is 68.8 Å². The first kappa shape index (κ1) is 15.2. The summed E-state index contributed by atoms with van der Waals surface area (Å²) in [7, 11) is 0. The molecule has 0 heterocycles. The number of amides is 1. The summed E-state index contributed by atoms with van der Waals surface area (Å²) in [5.74, 6) is -0.234. The van der Waals surface area contributed by atoms with Crippen molar-refractivity contribution in [2.75, 3.05) is 5.32 Å². The van der Waals surface area contributed by atoms with Gasteiger partial charge in [0, 0.05) is 22.9 Å². The van der Waals surface area contributed by atoms with E-state index in [1.54, 1.807) is 13.0 Å². The van der Waals surface area contributed by atoms with Gasteiger partial charge in [0.05, 0.1) is 4.92 Å². The maximum Gasteiger partial charge on any atom is 0.272 e. The summed E-state index contributed by atoms with van der Waals surface area (Å²) in [6.07, 6.45) is 4.35. The standard InChI is InChI=1S/C18H18N2O3/c1-12-11-14(9-10-17(12)20(22)23)18(21)19-16-8-4-6-13-5-2-3-7-15(13)16/h4,6,8-11H,2-3,5,7H2,1H3,(H,19,21). The van der Waals surface area contributed by atoms with Gasteiger partial charge in [-0.1, -0.05) is 12.1 Å². The molecule has 1 aliphatic rings. The first-order valence-corrected chi connectivity index (χ1v) is 7.73. The van der Waals surface area contributed by atoms with Gasteiger partial charge in [-0.05, 0) is 61.9 Å². The predicted octanol–water partition coefficient (Wildman–Crippen LogP) is 4.03. The third kappa shape index (κ3) is 3.08. The number of hydrogen-bond acceptors (Lipinski definition) is 3. The Morgan fingerprint density at radius 1 is 1.17 bits per heavy atom. The fraction of sp³-hybridized carbons (Fsp3) is 0.278. The van der Waals surface area contributed by atoms with E-state index in [1.165, 1.54) is 29.7 Å². The van der Waals surface area contributed by atoms with Gasteiger partial charge >= 0.3 is 0 Å². The second-order valence-electron chi connectivity index (χ2n) is 5.86. The molecule has 0 spiro atoms. The average molecular weight is 310 g/mol. The van der Waals surface area contributed by atoms with Gasteiger partial charge in [-0.2, -0.15) is 0 Å². The number of rotatable bonds is 3. The third-order valence-corrected chi connectivity index (χ3v) is 4.30. The Morgan fingerprint density at radius 3 is 2.70 bits per heavy atom. The van der Waals surface area contributed by atoms with Crippen LogP contribution in [0.15, 0.2) is 36.4 Å². The molecule has 0 saturated carbocycles. The van der Waals surface area contributed by atoms with Gasteiger partial charge in [0.2, 0.25) is 0 Å². The molecule has 2 aromatic carbocycles. The van der Waals surface area contributed by atoms with Crippen LogP contribution in [0.5, 0.6) is 0 Å². The van der Waals surface area contributed by atoms with Crippen LogP contribution in [-0.4, -0.2) is 10.8 Å². The lowest BCUT2D eigenvalue weighted by molar-refractivity contribution is -0.385. The van der Waals surface area contributed by atoms with Gasteiger partial charge < -0.3 is 5.32 Å². The highest BCUT2D eigenvalue weighted by Crippen LogP contribution is 2.28. The van der Waals surface area contributed by atoms with E-state index in [2.05, 4.69) is 11.4 Å². The van der Waals surface area contributed by atoms with Crippen LogP contribution in [-0.2, 0) is 12.8 Å². The highest BCUT2D eigenvalue weighted by atomic mass is 16.6. The van der Waals surface area contributed by atoms with Crippen molar-refractivity contribution < 1.29 is 9.72 Å². The summed E-state index contributed by atoms with van der Waals surface area (Å²) in [6.45, 7) is 1.64. The van der Waals surface area contributed by atoms with Crippen LogP contribution in [0.3, 0.4) is 0 Å². The molecule has 5 nitrogen and oxygen atoms in total. The van der Waals surface area contributed by atoms with Crippen LogP contribution in [0.25, 0.3) is 0 Å². The summed E-state index contributed by atoms with van der Waals surface area (Å²) in [5.41, 5.74) is 4.31. The molecule has 0 aromatic heterocycles. The Bertz CT molecular complexity index is 784. The van der Waals surface area contributed by atoms with Gasteiger partial charge in [-0.15, -0.1) is 0 Å². The SMILES string of the molecule is Cc1cc(C(=O)Nc2cccc3c2CCCC3)ccc1[N+](=O)[O-]. The number of aryl methyl sites for hydroxylation is 2. The van der Waals surface area contributed by atoms with Crippen molar-refractivity contribution in [2.24, 2.45) is 0 Å². The predicted molar refractivity (Wildman–Crippen MR) is 88.9 cm³/mol. The minimum Gasteiger partial charge on any atom is -0.322 e. The molecular formula is C18H18N2O3. The molecule has 0 radical (unpaired) electrons. The zero-order valence-corrected chi connectivity index (χ0v) is 13.0. The first-order valence-electron chi connectivity index (χ1n) is 7.73. The van der Waals surface area contributed by atoms with E-state index in [0.29, 0.717) is 11.1 Å². The monoisotopic (exact) mass is 310 g/mol. The van der Waals surface area contributed by atoms with E-state index in [1.807, 2.05) is 12.1 Å². The van der Waals surface area contributed by atoms with Gasteiger partial charge in [-0.25, -0.2) is 0 Å². The van der Waals surface area contributed by atoms with Crippen molar-refractivity contribution >= 4 is 17.3 Å². The number of anilines is 1. The van der Waals surface area contributed by atoms with Crippen molar-refractivity contribution in [2.45, 2.75) is 32.6 Å². The van der Waals surface area contributed by atoms with Crippen molar-refractivity contribution in [1.29, 1.82) is 0 Å². The Hall–Kier alpha value is -2.69. The molecule has 0 aliphatic heterocycles. The normalized spacial score (nSPS) is 13.3. The number of nitro benzene ring substituents is 1. The molecule has 5 heteroatoms. The number of fused-ring (bicyclic) bond motifs is 1. The fourth-order valence-corrected chi connectivity index (χ4v) is 3.09. The molecule has 0 saturated heterocycles. The second kappa shape index (κ2) is 6.20. The van der Waals surface area contributed by atoms with Crippen LogP contribution < -0.4 is 5.32 Å². The van der Waals surface area contributed by atoms with E-state index in [9.17, 15) is 14.9 Å². The van der Waals surface area contributed by atoms with Crippen LogP contribution in [0.4, 0.5) is 11.4 Å². The highest BCUT2D eigenvalue weighted by Gasteiger charge is 2.17. The Kier molecular flexibility index (Phi) is 4.10. The van der Waals surface area contributed by atoms with E-state index in [-0.39, 0.29) is 11.6 Å². The summed E-state index contributed by atoms with van der Waals surface area (Å²) >= 11 is 0. The number of nitrogens with one attached hydrogen (secondary N) is 1. The van der Waals surface area contributed by atoms with Crippen LogP contribution in [0.2, 0.25) is 0 Å². The molecule has 3 rings (SSSR count). The Labute approximate surface area is 134 Å². The molecule has 23 heavy (non-hydrogen) atoms. The summed E-state index contributed by atoms with van der Waals surface area (Å²) < 4.78 is 0. The van der Waals surface area contributed by atoms with Crippen LogP contribution in [0.1, 0.15) is 39.9 Å². The zero-order chi connectivity index (χ0) is 16.4. The topological polar surface area (TPSA) is 72.2 Å². The molecule has 0 unspecified atom stereocenters. The number of nitrogens with zero attached hydrogens (tertiary/aromatic N) is 1. The van der Waals surface area contributed by atoms with Crippen molar-refractivity contribution in [1.82, 2.24) is 0 Å². The van der Waals surface area contributed by atoms with E-state index >= 15 is 0 Å². The minimum absolute atomic E-state index is 0.0265. The summed E-state index contributed by atoms with van der Waals surface area (Å²) in [5, 5.41) is 13.8. The maximum absolute atomic E-state index is 12.5. The van der Waals surface area contributed by atoms with Crippen LogP contribution in [0, 0.1) is 17.0 Å². The number of carbonyl (C=O) groups is 1. The zero-order valence-electron chi connectivity index (χ0n) is 13.0. The first-order chi connectivity index (χ1) is 11.1. The molecule has 118 valence electrons. The second-order valence-corrected chi connectivity index (χ2v) is 5.86. The number of nitro groups is 1. The largest absolute Gasteiger partial charge is 0.322 e. The minimum atomic E-state index is -0.440. The molecule has 2 aromatic rings. The van der Waals surface area contributed by atoms with Crippen molar-refractivity contribution in [3.63, 3.8) is 0 Å². The molecule has 1 N–H and O–H groups in total. The van der Waals surface area contributed by atoms with Crippen molar-refractivity contribution in [3.8, 4) is 0 Å². The molecule has 0 atom stereocenters. The van der Waals surface area contributed by atoms with Gasteiger partial charge in [-0.3, -0.25) is 14.9 Å². The average Bonchev–Trinajstić information content (AvgIpc) is 2.54. The number of hydrogen-bond donors (Lipinski definition) is 1. The third-order valence-electron chi connectivity index (χ3n) is 4.30. The van der Waals surface area contributed by atoms with Crippen LogP contribution >= 0.6 is 0 Å². The molecule has 0 bridgehead atoms. The maximum atomic E-state index is 12.5. The number of benzene rings is 2. The Balaban J connectivity index is 1.85. The van der Waals surface area contributed by atoms with E-state index in [0.717, 1.165) is 24.9 Å². The highest BCUT2D eigenvalue weighted by molar-refractivity contribution is 6.05. The van der Waals surface area contributed by atoms with Gasteiger partial charge in [0.15, 0.2) is 0 Å². The molecule has 1 amide bonds. The Morgan fingerprint density at radius 2 is 1.96 bits per heavy atom. The molecule has 0 fully saturated rings. The lowest BCUT2D eigenvalue weighted by atomic mass is 9.90. The lowest BCUT2D eigenvalue weighted by Crippen LogP contribution is -2.15. The van der Waals surface area contributed by atoms with E-state index in [4.69, 9.17) is 0 Å². The summed E-state index contributed by atoms with van der Waals surface area (Å²) in [4.78, 5) is 22.9. The lowest BCUT2D eigenvalue weighted by Gasteiger charge is -2.19. The van der Waals surface area contributed by atoms with Gasteiger partial charge in [0.25, 0.3) is 11.6 Å². The fourth-order valence-electron chi connectivity index (χ4n) is 3.09.